The van der Waals surface area contributed by atoms with Crippen molar-refractivity contribution >= 4 is 5.95 Å². The number of aryl methyl sites for hydroxylation is 1. The van der Waals surface area contributed by atoms with Gasteiger partial charge in [-0.25, -0.2) is 9.97 Å². The van der Waals surface area contributed by atoms with Crippen LogP contribution in [-0.2, 0) is 6.54 Å². The van der Waals surface area contributed by atoms with E-state index >= 15 is 0 Å². The quantitative estimate of drug-likeness (QED) is 0.891. The second-order valence-electron chi connectivity index (χ2n) is 6.42. The number of hydrogen-bond donors (Lipinski definition) is 1. The molecule has 1 aliphatic heterocycles. The summed E-state index contributed by atoms with van der Waals surface area (Å²) in [5.41, 5.74) is 2.34. The highest BCUT2D eigenvalue weighted by atomic mass is 15.3. The third-order valence-corrected chi connectivity index (χ3v) is 4.76. The Hall–Kier alpha value is -1.20. The van der Waals surface area contributed by atoms with E-state index < -0.39 is 0 Å². The van der Waals surface area contributed by atoms with E-state index in [9.17, 15) is 0 Å². The highest BCUT2D eigenvalue weighted by Crippen LogP contribution is 2.20. The Kier molecular flexibility index (Phi) is 4.40. The summed E-state index contributed by atoms with van der Waals surface area (Å²) in [4.78, 5) is 14.1. The summed E-state index contributed by atoms with van der Waals surface area (Å²) in [6, 6.07) is 1.34. The van der Waals surface area contributed by atoms with Gasteiger partial charge in [0.05, 0.1) is 0 Å². The summed E-state index contributed by atoms with van der Waals surface area (Å²) in [6.45, 7) is 8.40. The fourth-order valence-electron chi connectivity index (χ4n) is 2.92. The third-order valence-electron chi connectivity index (χ3n) is 4.76. The van der Waals surface area contributed by atoms with Crippen LogP contribution < -0.4 is 10.2 Å². The molecule has 3 rings (SSSR count). The number of aromatic nitrogens is 2. The molecule has 1 saturated heterocycles. The molecule has 1 N–H and O–H groups in total. The number of likely N-dealkylation sites (N-methyl/N-ethyl adjacent to an activating group) is 1. The molecule has 0 bridgehead atoms. The van der Waals surface area contributed by atoms with Gasteiger partial charge in [0.25, 0.3) is 0 Å². The Labute approximate surface area is 127 Å². The molecule has 1 aromatic rings. The molecular weight excluding hydrogens is 262 g/mol. The summed E-state index contributed by atoms with van der Waals surface area (Å²) in [6.07, 6.45) is 5.82. The molecule has 0 aromatic carbocycles. The summed E-state index contributed by atoms with van der Waals surface area (Å²) in [7, 11) is 2.21. The van der Waals surface area contributed by atoms with E-state index in [1.165, 1.54) is 24.8 Å². The van der Waals surface area contributed by atoms with Gasteiger partial charge in [-0.2, -0.15) is 0 Å². The van der Waals surface area contributed by atoms with Crippen molar-refractivity contribution in [2.45, 2.75) is 51.7 Å². The van der Waals surface area contributed by atoms with E-state index in [0.29, 0.717) is 6.04 Å². The highest BCUT2D eigenvalue weighted by Gasteiger charge is 2.25. The molecule has 1 aromatic heterocycles. The van der Waals surface area contributed by atoms with E-state index in [0.717, 1.165) is 43.9 Å². The van der Waals surface area contributed by atoms with E-state index in [1.54, 1.807) is 0 Å². The van der Waals surface area contributed by atoms with Crippen LogP contribution >= 0.6 is 0 Å². The van der Waals surface area contributed by atoms with E-state index in [1.807, 2.05) is 6.20 Å². The normalized spacial score (nSPS) is 23.6. The van der Waals surface area contributed by atoms with Gasteiger partial charge in [0.1, 0.15) is 0 Å². The lowest BCUT2D eigenvalue weighted by molar-refractivity contribution is 0.212. The molecule has 2 heterocycles. The second-order valence-corrected chi connectivity index (χ2v) is 6.42. The molecule has 2 fully saturated rings. The predicted molar refractivity (Wildman–Crippen MR) is 85.6 cm³/mol. The van der Waals surface area contributed by atoms with Crippen LogP contribution in [0.15, 0.2) is 6.20 Å². The molecule has 5 heteroatoms. The van der Waals surface area contributed by atoms with Crippen molar-refractivity contribution in [3.8, 4) is 0 Å². The number of rotatable bonds is 5. The molecule has 5 nitrogen and oxygen atoms in total. The SMILES string of the molecule is CCC1CN(c2ncc(CNC3CC3)c(C)n2)CCN1C. The number of nitrogens with zero attached hydrogens (tertiary/aromatic N) is 4. The van der Waals surface area contributed by atoms with Crippen molar-refractivity contribution in [3.05, 3.63) is 17.5 Å². The van der Waals surface area contributed by atoms with Crippen molar-refractivity contribution in [3.63, 3.8) is 0 Å². The van der Waals surface area contributed by atoms with Crippen LogP contribution in [0, 0.1) is 6.92 Å². The lowest BCUT2D eigenvalue weighted by atomic mass is 10.1. The van der Waals surface area contributed by atoms with Crippen molar-refractivity contribution in [1.82, 2.24) is 20.2 Å². The predicted octanol–water partition coefficient (Wildman–Crippen LogP) is 1.57. The minimum atomic E-state index is 0.610. The van der Waals surface area contributed by atoms with Gasteiger partial charge < -0.3 is 10.2 Å². The minimum absolute atomic E-state index is 0.610. The number of piperazine rings is 1. The first-order valence-electron chi connectivity index (χ1n) is 8.18. The minimum Gasteiger partial charge on any atom is -0.338 e. The molecule has 21 heavy (non-hydrogen) atoms. The van der Waals surface area contributed by atoms with Gasteiger partial charge in [0.15, 0.2) is 0 Å². The van der Waals surface area contributed by atoms with Crippen molar-refractivity contribution in [1.29, 1.82) is 0 Å². The maximum Gasteiger partial charge on any atom is 0.225 e. The molecule has 1 atom stereocenters. The molecule has 116 valence electrons. The Balaban J connectivity index is 1.66. The van der Waals surface area contributed by atoms with Gasteiger partial charge in [-0.05, 0) is 33.2 Å². The molecule has 1 saturated carbocycles. The first kappa shape index (κ1) is 14.7. The lowest BCUT2D eigenvalue weighted by Crippen LogP contribution is -2.51. The number of nitrogens with one attached hydrogen (secondary N) is 1. The van der Waals surface area contributed by atoms with Gasteiger partial charge in [0.2, 0.25) is 5.95 Å². The lowest BCUT2D eigenvalue weighted by Gasteiger charge is -2.39. The van der Waals surface area contributed by atoms with Gasteiger partial charge >= 0.3 is 0 Å². The Morgan fingerprint density at radius 1 is 1.33 bits per heavy atom. The average Bonchev–Trinajstić information content (AvgIpc) is 3.31. The summed E-state index contributed by atoms with van der Waals surface area (Å²) < 4.78 is 0. The van der Waals surface area contributed by atoms with Crippen LogP contribution in [0.4, 0.5) is 5.95 Å². The fraction of sp³-hybridized carbons (Fsp3) is 0.750. The zero-order chi connectivity index (χ0) is 14.8. The van der Waals surface area contributed by atoms with Crippen LogP contribution in [0.25, 0.3) is 0 Å². The summed E-state index contributed by atoms with van der Waals surface area (Å²) in [5.74, 6) is 0.897. The molecule has 0 amide bonds. The smallest absolute Gasteiger partial charge is 0.225 e. The van der Waals surface area contributed by atoms with Crippen molar-refractivity contribution in [2.24, 2.45) is 0 Å². The number of hydrogen-bond acceptors (Lipinski definition) is 5. The Bertz CT molecular complexity index is 486. The second kappa shape index (κ2) is 6.28. The average molecular weight is 289 g/mol. The van der Waals surface area contributed by atoms with Gasteiger partial charge in [-0.3, -0.25) is 4.90 Å². The maximum absolute atomic E-state index is 4.75. The zero-order valence-electron chi connectivity index (χ0n) is 13.5. The van der Waals surface area contributed by atoms with Crippen LogP contribution in [0.1, 0.15) is 37.4 Å². The monoisotopic (exact) mass is 289 g/mol. The topological polar surface area (TPSA) is 44.3 Å². The molecular formula is C16H27N5. The molecule has 1 aliphatic carbocycles. The Morgan fingerprint density at radius 2 is 2.14 bits per heavy atom. The van der Waals surface area contributed by atoms with E-state index in [2.05, 4.69) is 41.0 Å². The zero-order valence-corrected chi connectivity index (χ0v) is 13.5. The molecule has 0 spiro atoms. The summed E-state index contributed by atoms with van der Waals surface area (Å²) in [5, 5.41) is 3.53. The largest absolute Gasteiger partial charge is 0.338 e. The first-order valence-corrected chi connectivity index (χ1v) is 8.18. The Morgan fingerprint density at radius 3 is 2.81 bits per heavy atom. The van der Waals surface area contributed by atoms with E-state index in [4.69, 9.17) is 4.98 Å². The van der Waals surface area contributed by atoms with Crippen LogP contribution in [0.2, 0.25) is 0 Å². The van der Waals surface area contributed by atoms with Crippen LogP contribution in [-0.4, -0.2) is 53.6 Å². The fourth-order valence-corrected chi connectivity index (χ4v) is 2.92. The summed E-state index contributed by atoms with van der Waals surface area (Å²) >= 11 is 0. The van der Waals surface area contributed by atoms with Gasteiger partial charge in [-0.15, -0.1) is 0 Å². The van der Waals surface area contributed by atoms with Gasteiger partial charge in [0, 0.05) is 55.7 Å². The molecule has 1 unspecified atom stereocenters. The third kappa shape index (κ3) is 3.52. The standard InChI is InChI=1S/C16H27N5/c1-4-15-11-21(8-7-20(15)3)16-18-10-13(12(2)19-16)9-17-14-5-6-14/h10,14-15,17H,4-9,11H2,1-3H3. The molecule has 0 radical (unpaired) electrons. The van der Waals surface area contributed by atoms with Gasteiger partial charge in [-0.1, -0.05) is 6.92 Å². The first-order chi connectivity index (χ1) is 10.2. The highest BCUT2D eigenvalue weighted by molar-refractivity contribution is 5.34. The van der Waals surface area contributed by atoms with Crippen LogP contribution in [0.5, 0.6) is 0 Å². The number of anilines is 1. The maximum atomic E-state index is 4.75. The van der Waals surface area contributed by atoms with E-state index in [-0.39, 0.29) is 0 Å². The van der Waals surface area contributed by atoms with Crippen molar-refractivity contribution in [2.75, 3.05) is 31.6 Å². The molecule has 2 aliphatic rings. The van der Waals surface area contributed by atoms with Crippen LogP contribution in [0.3, 0.4) is 0 Å². The van der Waals surface area contributed by atoms with Crippen molar-refractivity contribution < 1.29 is 0 Å².